The number of halogens is 1. The summed E-state index contributed by atoms with van der Waals surface area (Å²) in [6, 6.07) is 7.91. The second-order valence-electron chi connectivity index (χ2n) is 4.60. The molecule has 0 spiro atoms. The Morgan fingerprint density at radius 3 is 2.31 bits per heavy atom. The van der Waals surface area contributed by atoms with Crippen LogP contribution < -0.4 is 5.73 Å². The summed E-state index contributed by atoms with van der Waals surface area (Å²) >= 11 is 0. The average Bonchev–Trinajstić information content (AvgIpc) is 2.16. The number of alkyl halides is 1. The molecule has 0 bridgehead atoms. The van der Waals surface area contributed by atoms with Crippen molar-refractivity contribution in [2.45, 2.75) is 39.0 Å². The molecule has 1 unspecified atom stereocenters. The molecule has 0 radical (unpaired) electrons. The van der Waals surface area contributed by atoms with Gasteiger partial charge in [-0.15, -0.1) is 0 Å². The van der Waals surface area contributed by atoms with E-state index in [4.69, 9.17) is 10.5 Å². The van der Waals surface area contributed by atoms with Crippen LogP contribution in [0.2, 0.25) is 0 Å². The van der Waals surface area contributed by atoms with Gasteiger partial charge in [0.1, 0.15) is 5.72 Å². The molecule has 0 aliphatic carbocycles. The third-order valence-electron chi connectivity index (χ3n) is 2.27. The van der Waals surface area contributed by atoms with Gasteiger partial charge < -0.3 is 10.5 Å². The van der Waals surface area contributed by atoms with E-state index in [1.165, 1.54) is 5.56 Å². The Morgan fingerprint density at radius 2 is 1.88 bits per heavy atom. The van der Waals surface area contributed by atoms with E-state index in [9.17, 15) is 4.39 Å². The van der Waals surface area contributed by atoms with Crippen molar-refractivity contribution in [2.75, 3.05) is 6.67 Å². The second-order valence-corrected chi connectivity index (χ2v) is 4.60. The molecule has 1 aromatic rings. The maximum atomic E-state index is 12.5. The quantitative estimate of drug-likeness (QED) is 0.781. The van der Waals surface area contributed by atoms with Crippen molar-refractivity contribution in [3.8, 4) is 0 Å². The van der Waals surface area contributed by atoms with Crippen molar-refractivity contribution in [3.63, 3.8) is 0 Å². The highest BCUT2D eigenvalue weighted by Gasteiger charge is 2.20. The molecule has 0 aliphatic rings. The highest BCUT2D eigenvalue weighted by molar-refractivity contribution is 5.23. The molecule has 90 valence electrons. The van der Waals surface area contributed by atoms with Crippen LogP contribution >= 0.6 is 0 Å². The van der Waals surface area contributed by atoms with Crippen molar-refractivity contribution < 1.29 is 9.13 Å². The molecule has 0 saturated heterocycles. The van der Waals surface area contributed by atoms with Gasteiger partial charge in [-0.1, -0.05) is 29.8 Å². The number of rotatable bonds is 5. The fourth-order valence-corrected chi connectivity index (χ4v) is 1.54. The summed E-state index contributed by atoms with van der Waals surface area (Å²) in [5.74, 6) is 0. The van der Waals surface area contributed by atoms with Crippen molar-refractivity contribution in [3.05, 3.63) is 35.4 Å². The predicted octanol–water partition coefficient (Wildman–Crippen LogP) is 3.11. The zero-order chi connectivity index (χ0) is 12.2. The summed E-state index contributed by atoms with van der Waals surface area (Å²) in [7, 11) is 0. The number of hydrogen-bond acceptors (Lipinski definition) is 2. The average molecular weight is 225 g/mol. The van der Waals surface area contributed by atoms with E-state index in [0.29, 0.717) is 6.42 Å². The van der Waals surface area contributed by atoms with Crippen LogP contribution in [0.15, 0.2) is 24.3 Å². The summed E-state index contributed by atoms with van der Waals surface area (Å²) < 4.78 is 18.1. The molecule has 1 rings (SSSR count). The minimum Gasteiger partial charge on any atom is -0.353 e. The van der Waals surface area contributed by atoms with E-state index in [1.807, 2.05) is 31.2 Å². The number of ether oxygens (including phenoxy) is 1. The molecule has 16 heavy (non-hydrogen) atoms. The van der Waals surface area contributed by atoms with Gasteiger partial charge in [0.05, 0.1) is 12.8 Å². The smallest absolute Gasteiger partial charge is 0.111 e. The van der Waals surface area contributed by atoms with Gasteiger partial charge in [0, 0.05) is 6.42 Å². The van der Waals surface area contributed by atoms with E-state index in [1.54, 1.807) is 13.8 Å². The van der Waals surface area contributed by atoms with Crippen molar-refractivity contribution in [1.29, 1.82) is 0 Å². The molecule has 0 amide bonds. The predicted molar refractivity (Wildman–Crippen MR) is 63.9 cm³/mol. The van der Waals surface area contributed by atoms with Gasteiger partial charge in [0.25, 0.3) is 0 Å². The molecule has 0 aromatic heterocycles. The minimum atomic E-state index is -0.745. The van der Waals surface area contributed by atoms with Gasteiger partial charge in [-0.25, -0.2) is 0 Å². The van der Waals surface area contributed by atoms with E-state index in [0.717, 1.165) is 5.56 Å². The topological polar surface area (TPSA) is 35.2 Å². The highest BCUT2D eigenvalue weighted by Crippen LogP contribution is 2.25. The molecule has 1 aromatic carbocycles. The van der Waals surface area contributed by atoms with Gasteiger partial charge in [-0.05, 0) is 26.3 Å². The Hall–Kier alpha value is -0.930. The van der Waals surface area contributed by atoms with Crippen molar-refractivity contribution in [2.24, 2.45) is 5.73 Å². The van der Waals surface area contributed by atoms with Gasteiger partial charge >= 0.3 is 0 Å². The Morgan fingerprint density at radius 1 is 1.31 bits per heavy atom. The maximum Gasteiger partial charge on any atom is 0.111 e. The molecule has 2 N–H and O–H groups in total. The Labute approximate surface area is 96.6 Å². The lowest BCUT2D eigenvalue weighted by molar-refractivity contribution is -0.0746. The SMILES string of the molecule is Cc1ccc(C(CCF)OC(C)(C)N)cc1. The maximum absolute atomic E-state index is 12.5. The van der Waals surface area contributed by atoms with Crippen LogP contribution in [0.1, 0.15) is 37.5 Å². The van der Waals surface area contributed by atoms with E-state index < -0.39 is 12.4 Å². The first-order chi connectivity index (χ1) is 7.42. The minimum absolute atomic E-state index is 0.273. The number of aryl methyl sites for hydroxylation is 1. The number of nitrogens with two attached hydrogens (primary N) is 1. The Kier molecular flexibility index (Phi) is 4.44. The number of benzene rings is 1. The monoisotopic (exact) mass is 225 g/mol. The van der Waals surface area contributed by atoms with E-state index >= 15 is 0 Å². The first-order valence-corrected chi connectivity index (χ1v) is 5.51. The summed E-state index contributed by atoms with van der Waals surface area (Å²) in [4.78, 5) is 0. The third kappa shape index (κ3) is 4.29. The van der Waals surface area contributed by atoms with Crippen LogP contribution in [-0.2, 0) is 4.74 Å². The molecule has 0 aliphatic heterocycles. The van der Waals surface area contributed by atoms with Crippen LogP contribution in [0.25, 0.3) is 0 Å². The fraction of sp³-hybridized carbons (Fsp3) is 0.538. The highest BCUT2D eigenvalue weighted by atomic mass is 19.1. The zero-order valence-electron chi connectivity index (χ0n) is 10.2. The van der Waals surface area contributed by atoms with Crippen molar-refractivity contribution in [1.82, 2.24) is 0 Å². The van der Waals surface area contributed by atoms with Gasteiger partial charge in [-0.2, -0.15) is 0 Å². The van der Waals surface area contributed by atoms with E-state index in [-0.39, 0.29) is 6.10 Å². The summed E-state index contributed by atoms with van der Waals surface area (Å²) in [6.07, 6.45) is 0.0644. The molecule has 0 heterocycles. The first-order valence-electron chi connectivity index (χ1n) is 5.51. The van der Waals surface area contributed by atoms with Crippen molar-refractivity contribution >= 4 is 0 Å². The first kappa shape index (κ1) is 13.1. The van der Waals surface area contributed by atoms with Gasteiger partial charge in [-0.3, -0.25) is 4.39 Å². The van der Waals surface area contributed by atoms with Crippen LogP contribution in [0.5, 0.6) is 0 Å². The Balaban J connectivity index is 2.80. The molecular formula is C13H20FNO. The van der Waals surface area contributed by atoms with Crippen LogP contribution in [0, 0.1) is 6.92 Å². The van der Waals surface area contributed by atoms with Crippen LogP contribution in [0.4, 0.5) is 4.39 Å². The second kappa shape index (κ2) is 5.41. The van der Waals surface area contributed by atoms with Gasteiger partial charge in [0.2, 0.25) is 0 Å². The molecular weight excluding hydrogens is 205 g/mol. The molecule has 0 saturated carbocycles. The molecule has 1 atom stereocenters. The normalized spacial score (nSPS) is 13.8. The summed E-state index contributed by atoms with van der Waals surface area (Å²) in [5, 5.41) is 0. The third-order valence-corrected chi connectivity index (χ3v) is 2.27. The summed E-state index contributed by atoms with van der Waals surface area (Å²) in [6.45, 7) is 5.15. The van der Waals surface area contributed by atoms with Crippen LogP contribution in [0.3, 0.4) is 0 Å². The lowest BCUT2D eigenvalue weighted by Crippen LogP contribution is -2.37. The lowest BCUT2D eigenvalue weighted by atomic mass is 10.0. The van der Waals surface area contributed by atoms with E-state index in [2.05, 4.69) is 0 Å². The largest absolute Gasteiger partial charge is 0.353 e. The Bertz CT molecular complexity index is 316. The van der Waals surface area contributed by atoms with Crippen LogP contribution in [-0.4, -0.2) is 12.4 Å². The zero-order valence-corrected chi connectivity index (χ0v) is 10.2. The standard InChI is InChI=1S/C13H20FNO/c1-10-4-6-11(7-5-10)12(8-9-14)16-13(2,3)15/h4-7,12H,8-9,15H2,1-3H3. The lowest BCUT2D eigenvalue weighted by Gasteiger charge is -2.27. The number of hydrogen-bond donors (Lipinski definition) is 1. The molecule has 0 fully saturated rings. The molecule has 2 nitrogen and oxygen atoms in total. The van der Waals surface area contributed by atoms with Gasteiger partial charge in [0.15, 0.2) is 0 Å². The molecule has 3 heteroatoms. The summed E-state index contributed by atoms with van der Waals surface area (Å²) in [5.41, 5.74) is 7.19. The fourth-order valence-electron chi connectivity index (χ4n) is 1.54.